The molecule has 3 aromatic carbocycles. The summed E-state index contributed by atoms with van der Waals surface area (Å²) in [6.45, 7) is 3.52. The minimum absolute atomic E-state index is 0.0170. The lowest BCUT2D eigenvalue weighted by Gasteiger charge is -2.13. The molecule has 0 bridgehead atoms. The number of aromatic nitrogens is 1. The second-order valence-corrected chi connectivity index (χ2v) is 11.2. The number of thioether (sulfide) groups is 1. The van der Waals surface area contributed by atoms with Crippen LogP contribution in [0.25, 0.3) is 17.4 Å². The van der Waals surface area contributed by atoms with Crippen LogP contribution in [0.2, 0.25) is 0 Å². The molecule has 0 spiro atoms. The van der Waals surface area contributed by atoms with Gasteiger partial charge in [-0.25, -0.2) is 0 Å². The van der Waals surface area contributed by atoms with Crippen LogP contribution in [0.3, 0.4) is 0 Å². The molecule has 2 heterocycles. The number of nitrogens with one attached hydrogen (secondary N) is 3. The van der Waals surface area contributed by atoms with Crippen LogP contribution in [-0.2, 0) is 9.59 Å². The van der Waals surface area contributed by atoms with E-state index < -0.39 is 17.1 Å². The third-order valence-electron chi connectivity index (χ3n) is 6.49. The van der Waals surface area contributed by atoms with E-state index in [1.165, 1.54) is 17.8 Å². The van der Waals surface area contributed by atoms with Gasteiger partial charge in [0.2, 0.25) is 5.91 Å². The summed E-state index contributed by atoms with van der Waals surface area (Å²) in [7, 11) is 1.58. The van der Waals surface area contributed by atoms with Gasteiger partial charge < -0.3 is 29.6 Å². The highest BCUT2D eigenvalue weighted by Crippen LogP contribution is 2.31. The molecule has 0 aliphatic rings. The van der Waals surface area contributed by atoms with Crippen LogP contribution in [0, 0.1) is 6.92 Å². The number of carbonyl (C=O) groups is 3. The van der Waals surface area contributed by atoms with E-state index in [4.69, 9.17) is 13.7 Å². The molecule has 45 heavy (non-hydrogen) atoms. The van der Waals surface area contributed by atoms with E-state index >= 15 is 0 Å². The first-order valence-corrected chi connectivity index (χ1v) is 14.8. The number of carbonyl (C=O) groups excluding carboxylic acids is 3. The Labute approximate surface area is 263 Å². The summed E-state index contributed by atoms with van der Waals surface area (Å²) in [5.41, 5.74) is 1.62. The van der Waals surface area contributed by atoms with Gasteiger partial charge in [0.1, 0.15) is 28.7 Å². The highest BCUT2D eigenvalue weighted by atomic mass is 32.2. The summed E-state index contributed by atoms with van der Waals surface area (Å²) >= 11 is 1.35. The minimum atomic E-state index is -0.550. The maximum Gasteiger partial charge on any atom is 0.272 e. The van der Waals surface area contributed by atoms with Gasteiger partial charge in [0.25, 0.3) is 11.8 Å². The lowest BCUT2D eigenvalue weighted by molar-refractivity contribution is -0.115. The number of amides is 3. The van der Waals surface area contributed by atoms with Gasteiger partial charge in [0.05, 0.1) is 17.9 Å². The quantitative estimate of drug-likeness (QED) is 0.108. The second kappa shape index (κ2) is 14.3. The van der Waals surface area contributed by atoms with Crippen molar-refractivity contribution in [3.8, 4) is 17.1 Å². The number of furan rings is 1. The zero-order chi connectivity index (χ0) is 31.8. The number of benzene rings is 3. The first-order valence-electron chi connectivity index (χ1n) is 13.9. The molecule has 1 unspecified atom stereocenters. The Bertz CT molecular complexity index is 1830. The Morgan fingerprint density at radius 2 is 1.64 bits per heavy atom. The van der Waals surface area contributed by atoms with Crippen LogP contribution >= 0.6 is 11.8 Å². The number of nitrogens with zero attached hydrogens (tertiary/aromatic N) is 1. The molecule has 0 fully saturated rings. The number of rotatable bonds is 11. The molecule has 1 atom stereocenters. The molecular weight excluding hydrogens is 592 g/mol. The van der Waals surface area contributed by atoms with Crippen molar-refractivity contribution in [1.82, 2.24) is 10.5 Å². The number of hydrogen-bond donors (Lipinski definition) is 3. The molecule has 3 N–H and O–H groups in total. The van der Waals surface area contributed by atoms with E-state index in [2.05, 4.69) is 21.1 Å². The van der Waals surface area contributed by atoms with Gasteiger partial charge in [-0.3, -0.25) is 14.4 Å². The maximum atomic E-state index is 13.5. The monoisotopic (exact) mass is 622 g/mol. The summed E-state index contributed by atoms with van der Waals surface area (Å²) in [6.07, 6.45) is 1.47. The molecule has 5 rings (SSSR count). The van der Waals surface area contributed by atoms with Gasteiger partial charge in [-0.15, -0.1) is 11.8 Å². The number of para-hydroxylation sites is 1. The second-order valence-electron chi connectivity index (χ2n) is 9.83. The summed E-state index contributed by atoms with van der Waals surface area (Å²) < 4.78 is 16.4. The normalized spacial score (nSPS) is 11.8. The van der Waals surface area contributed by atoms with Crippen molar-refractivity contribution in [2.24, 2.45) is 0 Å². The molecule has 0 saturated carbocycles. The van der Waals surface area contributed by atoms with Gasteiger partial charge in [-0.2, -0.15) is 0 Å². The number of anilines is 2. The highest BCUT2D eigenvalue weighted by Gasteiger charge is 2.19. The molecule has 0 aliphatic carbocycles. The lowest BCUT2D eigenvalue weighted by atomic mass is 10.1. The number of ether oxygens (including phenoxy) is 1. The SMILES string of the molecule is COc1ccccc1-c1ccc(/C=C(/NC(=O)c2ccccc2)C(=O)Nc2ccc(SC(C)C(=O)Nc3cc(C)on3)cc2)o1. The molecule has 228 valence electrons. The molecule has 0 aliphatic heterocycles. The standard InChI is InChI=1S/C34H30N4O6S/c1-21-19-31(38-44-21)37-32(39)22(2)45-26-16-13-24(14-17-26)35-34(41)28(36-33(40)23-9-5-4-6-10-23)20-25-15-18-30(43-25)27-11-7-8-12-29(27)42-3/h4-20,22H,1-3H3,(H,35,41)(H,36,40)(H,37,38,39)/b28-20+. The Balaban J connectivity index is 1.30. The van der Waals surface area contributed by atoms with Crippen LogP contribution in [0.15, 0.2) is 117 Å². The molecule has 2 aromatic heterocycles. The molecular formula is C34H30N4O6S. The smallest absolute Gasteiger partial charge is 0.272 e. The molecule has 11 heteroatoms. The minimum Gasteiger partial charge on any atom is -0.496 e. The molecule has 0 saturated heterocycles. The predicted octanol–water partition coefficient (Wildman–Crippen LogP) is 6.78. The van der Waals surface area contributed by atoms with Gasteiger partial charge in [-0.05, 0) is 74.5 Å². The van der Waals surface area contributed by atoms with Crippen LogP contribution < -0.4 is 20.7 Å². The van der Waals surface area contributed by atoms with Crippen molar-refractivity contribution in [1.29, 1.82) is 0 Å². The van der Waals surface area contributed by atoms with E-state index in [1.807, 2.05) is 24.3 Å². The summed E-state index contributed by atoms with van der Waals surface area (Å²) in [6, 6.07) is 28.1. The predicted molar refractivity (Wildman–Crippen MR) is 173 cm³/mol. The highest BCUT2D eigenvalue weighted by molar-refractivity contribution is 8.00. The van der Waals surface area contributed by atoms with Crippen LogP contribution in [0.5, 0.6) is 5.75 Å². The molecule has 0 radical (unpaired) electrons. The zero-order valence-corrected chi connectivity index (χ0v) is 25.5. The van der Waals surface area contributed by atoms with Gasteiger partial charge in [0, 0.05) is 28.3 Å². The Kier molecular flexibility index (Phi) is 9.80. The van der Waals surface area contributed by atoms with Crippen molar-refractivity contribution in [2.75, 3.05) is 17.7 Å². The van der Waals surface area contributed by atoms with E-state index in [-0.39, 0.29) is 11.6 Å². The first kappa shape index (κ1) is 30.9. The summed E-state index contributed by atoms with van der Waals surface area (Å²) in [5.74, 6) is 1.27. The summed E-state index contributed by atoms with van der Waals surface area (Å²) in [4.78, 5) is 39.8. The van der Waals surface area contributed by atoms with Crippen LogP contribution in [-0.4, -0.2) is 35.2 Å². The third kappa shape index (κ3) is 8.09. The van der Waals surface area contributed by atoms with Crippen molar-refractivity contribution in [3.05, 3.63) is 120 Å². The van der Waals surface area contributed by atoms with Crippen LogP contribution in [0.4, 0.5) is 11.5 Å². The average Bonchev–Trinajstić information content (AvgIpc) is 3.70. The van der Waals surface area contributed by atoms with Gasteiger partial charge in [0.15, 0.2) is 5.82 Å². The van der Waals surface area contributed by atoms with E-state index in [0.717, 1.165) is 10.5 Å². The van der Waals surface area contributed by atoms with Gasteiger partial charge >= 0.3 is 0 Å². The Morgan fingerprint density at radius 1 is 0.911 bits per heavy atom. The van der Waals surface area contributed by atoms with Crippen molar-refractivity contribution >= 4 is 47.1 Å². The molecule has 10 nitrogen and oxygen atoms in total. The fraction of sp³-hybridized carbons (Fsp3) is 0.118. The van der Waals surface area contributed by atoms with E-state index in [1.54, 1.807) is 93.8 Å². The number of methoxy groups -OCH3 is 1. The van der Waals surface area contributed by atoms with Gasteiger partial charge in [-0.1, -0.05) is 35.5 Å². The van der Waals surface area contributed by atoms with Crippen molar-refractivity contribution in [3.63, 3.8) is 0 Å². The number of hydrogen-bond acceptors (Lipinski definition) is 8. The first-order chi connectivity index (χ1) is 21.8. The van der Waals surface area contributed by atoms with Crippen molar-refractivity contribution in [2.45, 2.75) is 24.0 Å². The van der Waals surface area contributed by atoms with Crippen LogP contribution in [0.1, 0.15) is 28.8 Å². The molecule has 5 aromatic rings. The Morgan fingerprint density at radius 3 is 2.36 bits per heavy atom. The largest absolute Gasteiger partial charge is 0.496 e. The average molecular weight is 623 g/mol. The number of aryl methyl sites for hydroxylation is 1. The molecule has 3 amide bonds. The zero-order valence-electron chi connectivity index (χ0n) is 24.7. The summed E-state index contributed by atoms with van der Waals surface area (Å²) in [5, 5.41) is 11.6. The van der Waals surface area contributed by atoms with Crippen molar-refractivity contribution < 1.29 is 28.1 Å². The Hall–Kier alpha value is -5.55. The third-order valence-corrected chi connectivity index (χ3v) is 7.60. The lowest BCUT2D eigenvalue weighted by Crippen LogP contribution is -2.30. The van der Waals surface area contributed by atoms with E-state index in [0.29, 0.717) is 40.1 Å². The topological polar surface area (TPSA) is 136 Å². The fourth-order valence-corrected chi connectivity index (χ4v) is 5.10. The van der Waals surface area contributed by atoms with E-state index in [9.17, 15) is 14.4 Å². The fourth-order valence-electron chi connectivity index (χ4n) is 4.23. The maximum absolute atomic E-state index is 13.5.